The van der Waals surface area contributed by atoms with Crippen molar-refractivity contribution in [3.63, 3.8) is 0 Å². The Morgan fingerprint density at radius 3 is 2.18 bits per heavy atom. The van der Waals surface area contributed by atoms with Crippen LogP contribution in [0.4, 0.5) is 0 Å². The molecule has 0 aliphatic rings. The lowest BCUT2D eigenvalue weighted by molar-refractivity contribution is -0.136. The first-order valence-electron chi connectivity index (χ1n) is 5.42. The molecule has 0 aliphatic carbocycles. The van der Waals surface area contributed by atoms with Gasteiger partial charge in [0, 0.05) is 5.56 Å². The maximum Gasteiger partial charge on any atom is 0.305 e. The standard InChI is InChI=1S/C13H15ClO3/c1-8(2)9-3-5-10(6-4-9)13(17)11(14)7-12(15)16/h3-6,8,11H,7H2,1-2H3,(H,15,16). The summed E-state index contributed by atoms with van der Waals surface area (Å²) in [4.78, 5) is 22.2. The average Bonchev–Trinajstić information content (AvgIpc) is 2.27. The number of carboxylic acid groups (broad SMARTS) is 1. The summed E-state index contributed by atoms with van der Waals surface area (Å²) in [5.41, 5.74) is 1.58. The number of hydrogen-bond acceptors (Lipinski definition) is 2. The number of halogens is 1. The zero-order chi connectivity index (χ0) is 13.0. The second-order valence-corrected chi connectivity index (χ2v) is 4.73. The van der Waals surface area contributed by atoms with E-state index < -0.39 is 11.3 Å². The summed E-state index contributed by atoms with van der Waals surface area (Å²) in [6, 6.07) is 7.11. The van der Waals surface area contributed by atoms with Crippen LogP contribution in [0.25, 0.3) is 0 Å². The summed E-state index contributed by atoms with van der Waals surface area (Å²) in [7, 11) is 0. The van der Waals surface area contributed by atoms with Gasteiger partial charge in [0.25, 0.3) is 0 Å². The van der Waals surface area contributed by atoms with Gasteiger partial charge in [-0.3, -0.25) is 9.59 Å². The molecule has 1 atom stereocenters. The Hall–Kier alpha value is -1.35. The minimum Gasteiger partial charge on any atom is -0.481 e. The van der Waals surface area contributed by atoms with Gasteiger partial charge in [0.15, 0.2) is 5.78 Å². The lowest BCUT2D eigenvalue weighted by atomic mass is 9.99. The Bertz CT molecular complexity index is 409. The number of aliphatic carboxylic acids is 1. The zero-order valence-electron chi connectivity index (χ0n) is 9.81. The highest BCUT2D eigenvalue weighted by Crippen LogP contribution is 2.17. The molecule has 0 spiro atoms. The molecule has 92 valence electrons. The SMILES string of the molecule is CC(C)c1ccc(C(=O)C(Cl)CC(=O)O)cc1. The van der Waals surface area contributed by atoms with E-state index in [1.165, 1.54) is 0 Å². The Kier molecular flexibility index (Phi) is 4.70. The molecule has 1 aromatic rings. The van der Waals surface area contributed by atoms with Crippen LogP contribution < -0.4 is 0 Å². The topological polar surface area (TPSA) is 54.4 Å². The minimum absolute atomic E-state index is 0.343. The van der Waals surface area contributed by atoms with Gasteiger partial charge in [-0.15, -0.1) is 11.6 Å². The molecular weight excluding hydrogens is 240 g/mol. The number of carboxylic acids is 1. The zero-order valence-corrected chi connectivity index (χ0v) is 10.6. The van der Waals surface area contributed by atoms with E-state index in [-0.39, 0.29) is 12.2 Å². The molecule has 17 heavy (non-hydrogen) atoms. The molecule has 4 heteroatoms. The van der Waals surface area contributed by atoms with Crippen molar-refractivity contribution in [1.29, 1.82) is 0 Å². The third kappa shape index (κ3) is 3.86. The molecule has 0 aliphatic heterocycles. The van der Waals surface area contributed by atoms with Crippen LogP contribution in [0.2, 0.25) is 0 Å². The number of Topliss-reactive ketones (excluding diaryl/α,β-unsaturated/α-hetero) is 1. The number of ketones is 1. The van der Waals surface area contributed by atoms with Crippen molar-refractivity contribution in [1.82, 2.24) is 0 Å². The molecule has 0 fully saturated rings. The van der Waals surface area contributed by atoms with Crippen LogP contribution in [0.15, 0.2) is 24.3 Å². The first-order valence-corrected chi connectivity index (χ1v) is 5.85. The summed E-state index contributed by atoms with van der Waals surface area (Å²) < 4.78 is 0. The molecule has 0 heterocycles. The number of benzene rings is 1. The van der Waals surface area contributed by atoms with Gasteiger partial charge in [0.05, 0.1) is 6.42 Å². The summed E-state index contributed by atoms with van der Waals surface area (Å²) in [6.45, 7) is 4.12. The number of carbonyl (C=O) groups excluding carboxylic acids is 1. The molecule has 1 aromatic carbocycles. The lowest BCUT2D eigenvalue weighted by Crippen LogP contribution is -2.18. The molecular formula is C13H15ClO3. The maximum absolute atomic E-state index is 11.8. The van der Waals surface area contributed by atoms with E-state index in [9.17, 15) is 9.59 Å². The molecule has 0 bridgehead atoms. The Labute approximate surface area is 105 Å². The van der Waals surface area contributed by atoms with Crippen molar-refractivity contribution in [3.8, 4) is 0 Å². The molecule has 1 rings (SSSR count). The first-order chi connectivity index (χ1) is 7.91. The van der Waals surface area contributed by atoms with Gasteiger partial charge >= 0.3 is 5.97 Å². The van der Waals surface area contributed by atoms with Gasteiger partial charge < -0.3 is 5.11 Å². The second kappa shape index (κ2) is 5.82. The van der Waals surface area contributed by atoms with Crippen LogP contribution in [-0.2, 0) is 4.79 Å². The lowest BCUT2D eigenvalue weighted by Gasteiger charge is -2.08. The van der Waals surface area contributed by atoms with Gasteiger partial charge in [-0.2, -0.15) is 0 Å². The maximum atomic E-state index is 11.8. The van der Waals surface area contributed by atoms with Gasteiger partial charge in [-0.05, 0) is 11.5 Å². The smallest absolute Gasteiger partial charge is 0.305 e. The summed E-state index contributed by atoms with van der Waals surface area (Å²) in [5, 5.41) is 7.56. The monoisotopic (exact) mass is 254 g/mol. The van der Waals surface area contributed by atoms with Crippen molar-refractivity contribution in [3.05, 3.63) is 35.4 Å². The molecule has 1 N–H and O–H groups in total. The second-order valence-electron chi connectivity index (χ2n) is 4.21. The molecule has 0 radical (unpaired) electrons. The quantitative estimate of drug-likeness (QED) is 0.649. The third-order valence-electron chi connectivity index (χ3n) is 2.50. The largest absolute Gasteiger partial charge is 0.481 e. The van der Waals surface area contributed by atoms with Crippen molar-refractivity contribution in [2.45, 2.75) is 31.6 Å². The van der Waals surface area contributed by atoms with E-state index >= 15 is 0 Å². The summed E-state index contributed by atoms with van der Waals surface area (Å²) in [6.07, 6.45) is -0.355. The molecule has 0 amide bonds. The first kappa shape index (κ1) is 13.7. The van der Waals surface area contributed by atoms with E-state index in [1.807, 2.05) is 12.1 Å². The predicted octanol–water partition coefficient (Wildman–Crippen LogP) is 3.07. The molecule has 0 saturated carbocycles. The number of rotatable bonds is 5. The Morgan fingerprint density at radius 2 is 1.76 bits per heavy atom. The third-order valence-corrected chi connectivity index (χ3v) is 2.85. The van der Waals surface area contributed by atoms with E-state index in [4.69, 9.17) is 16.7 Å². The van der Waals surface area contributed by atoms with E-state index in [1.54, 1.807) is 12.1 Å². The van der Waals surface area contributed by atoms with Gasteiger partial charge in [-0.1, -0.05) is 38.1 Å². The van der Waals surface area contributed by atoms with Crippen LogP contribution >= 0.6 is 11.6 Å². The van der Waals surface area contributed by atoms with Crippen molar-refractivity contribution < 1.29 is 14.7 Å². The highest BCUT2D eigenvalue weighted by Gasteiger charge is 2.20. The normalized spacial score (nSPS) is 12.5. The molecule has 3 nitrogen and oxygen atoms in total. The van der Waals surface area contributed by atoms with Crippen molar-refractivity contribution >= 4 is 23.4 Å². The minimum atomic E-state index is -1.07. The fraction of sp³-hybridized carbons (Fsp3) is 0.385. The van der Waals surface area contributed by atoms with Crippen LogP contribution in [0.5, 0.6) is 0 Å². The average molecular weight is 255 g/mol. The molecule has 0 aromatic heterocycles. The highest BCUT2D eigenvalue weighted by atomic mass is 35.5. The Morgan fingerprint density at radius 1 is 1.24 bits per heavy atom. The predicted molar refractivity (Wildman–Crippen MR) is 66.8 cm³/mol. The summed E-state index contributed by atoms with van der Waals surface area (Å²) >= 11 is 5.73. The van der Waals surface area contributed by atoms with E-state index in [2.05, 4.69) is 13.8 Å². The van der Waals surface area contributed by atoms with Crippen LogP contribution in [0.3, 0.4) is 0 Å². The van der Waals surface area contributed by atoms with E-state index in [0.717, 1.165) is 5.56 Å². The fourth-order valence-electron chi connectivity index (χ4n) is 1.46. The fourth-order valence-corrected chi connectivity index (χ4v) is 1.72. The van der Waals surface area contributed by atoms with E-state index in [0.29, 0.717) is 11.5 Å². The molecule has 1 unspecified atom stereocenters. The van der Waals surface area contributed by atoms with Crippen LogP contribution in [0.1, 0.15) is 42.1 Å². The Balaban J connectivity index is 2.79. The van der Waals surface area contributed by atoms with Crippen molar-refractivity contribution in [2.75, 3.05) is 0 Å². The van der Waals surface area contributed by atoms with Gasteiger partial charge in [0.1, 0.15) is 5.38 Å². The van der Waals surface area contributed by atoms with Crippen LogP contribution in [-0.4, -0.2) is 22.2 Å². The van der Waals surface area contributed by atoms with Gasteiger partial charge in [-0.25, -0.2) is 0 Å². The van der Waals surface area contributed by atoms with Crippen molar-refractivity contribution in [2.24, 2.45) is 0 Å². The number of alkyl halides is 1. The van der Waals surface area contributed by atoms with Gasteiger partial charge in [0.2, 0.25) is 0 Å². The highest BCUT2D eigenvalue weighted by molar-refractivity contribution is 6.34. The summed E-state index contributed by atoms with van der Waals surface area (Å²) in [5.74, 6) is -1.02. The number of carbonyl (C=O) groups is 2. The molecule has 0 saturated heterocycles. The number of hydrogen-bond donors (Lipinski definition) is 1. The van der Waals surface area contributed by atoms with Crippen LogP contribution in [0, 0.1) is 0 Å².